The average molecular weight is 247 g/mol. The minimum atomic E-state index is -1.23. The molecule has 0 saturated carbocycles. The number of rotatable bonds is 11. The summed E-state index contributed by atoms with van der Waals surface area (Å²) in [5, 5.41) is 29.0. The van der Waals surface area contributed by atoms with Gasteiger partial charge in [0.15, 0.2) is 0 Å². The number of carbonyl (C=O) groups is 1. The molecule has 17 heavy (non-hydrogen) atoms. The zero-order valence-electron chi connectivity index (χ0n) is 10.4. The molecule has 0 aliphatic carbocycles. The number of unbranched alkanes of at least 4 members (excludes halogenated alkanes) is 5. The number of carboxylic acids is 1. The fourth-order valence-corrected chi connectivity index (χ4v) is 1.45. The number of carboxylic acid groups (broad SMARTS) is 1. The van der Waals surface area contributed by atoms with Crippen molar-refractivity contribution in [3.63, 3.8) is 0 Å². The van der Waals surface area contributed by atoms with Crippen LogP contribution in [0.4, 0.5) is 0 Å². The lowest BCUT2D eigenvalue weighted by Gasteiger charge is -2.31. The SMILES string of the molecule is CCCCCCCCN([O-])NC(CO)C(=O)O. The van der Waals surface area contributed by atoms with E-state index in [4.69, 9.17) is 10.2 Å². The summed E-state index contributed by atoms with van der Waals surface area (Å²) < 4.78 is 0. The monoisotopic (exact) mass is 247 g/mol. The molecule has 0 bridgehead atoms. The number of aliphatic hydroxyl groups is 1. The Hall–Kier alpha value is -0.690. The Bertz CT molecular complexity index is 202. The second-order valence-corrected chi connectivity index (χ2v) is 4.07. The molecule has 1 atom stereocenters. The molecule has 0 amide bonds. The molecule has 0 aliphatic rings. The molecule has 6 heteroatoms. The maximum absolute atomic E-state index is 11.2. The van der Waals surface area contributed by atoms with Gasteiger partial charge in [-0.25, -0.2) is 0 Å². The number of nitrogens with one attached hydrogen (secondary N) is 1. The zero-order chi connectivity index (χ0) is 13.1. The van der Waals surface area contributed by atoms with Gasteiger partial charge in [0.25, 0.3) is 0 Å². The van der Waals surface area contributed by atoms with E-state index in [1.165, 1.54) is 19.3 Å². The molecule has 0 fully saturated rings. The highest BCUT2D eigenvalue weighted by atomic mass is 16.5. The number of aliphatic carboxylic acids is 1. The van der Waals surface area contributed by atoms with Gasteiger partial charge in [-0.05, 0) is 13.0 Å². The van der Waals surface area contributed by atoms with Crippen LogP contribution >= 0.6 is 0 Å². The Balaban J connectivity index is 3.51. The highest BCUT2D eigenvalue weighted by molar-refractivity contribution is 5.73. The molecule has 0 spiro atoms. The van der Waals surface area contributed by atoms with Crippen LogP contribution in [-0.2, 0) is 4.79 Å². The van der Waals surface area contributed by atoms with Crippen LogP contribution in [0.25, 0.3) is 0 Å². The summed E-state index contributed by atoms with van der Waals surface area (Å²) in [6, 6.07) is -1.22. The molecular formula is C11H23N2O4-. The van der Waals surface area contributed by atoms with Gasteiger partial charge in [0.1, 0.15) is 6.04 Å². The van der Waals surface area contributed by atoms with Crippen molar-refractivity contribution in [2.45, 2.75) is 51.5 Å². The van der Waals surface area contributed by atoms with Crippen molar-refractivity contribution in [1.82, 2.24) is 10.6 Å². The Morgan fingerprint density at radius 2 is 1.88 bits per heavy atom. The number of hydroxylamine groups is 1. The van der Waals surface area contributed by atoms with E-state index in [2.05, 4.69) is 12.3 Å². The molecule has 0 aliphatic heterocycles. The number of aliphatic hydroxyl groups excluding tert-OH is 1. The first-order valence-corrected chi connectivity index (χ1v) is 6.16. The lowest BCUT2D eigenvalue weighted by Crippen LogP contribution is -2.48. The van der Waals surface area contributed by atoms with Crippen LogP contribution in [0.3, 0.4) is 0 Å². The quantitative estimate of drug-likeness (QED) is 0.374. The summed E-state index contributed by atoms with van der Waals surface area (Å²) in [5.74, 6) is -1.23. The van der Waals surface area contributed by atoms with Crippen LogP contribution in [0.15, 0.2) is 0 Å². The highest BCUT2D eigenvalue weighted by Gasteiger charge is 2.15. The lowest BCUT2D eigenvalue weighted by atomic mass is 10.1. The fourth-order valence-electron chi connectivity index (χ4n) is 1.45. The van der Waals surface area contributed by atoms with Crippen molar-refractivity contribution >= 4 is 5.97 Å². The molecule has 0 heterocycles. The minimum absolute atomic E-state index is 0.246. The number of hydrazine groups is 1. The van der Waals surface area contributed by atoms with E-state index >= 15 is 0 Å². The summed E-state index contributed by atoms with van der Waals surface area (Å²) in [4.78, 5) is 10.5. The Morgan fingerprint density at radius 1 is 1.29 bits per heavy atom. The molecule has 0 rings (SSSR count). The molecular weight excluding hydrogens is 224 g/mol. The smallest absolute Gasteiger partial charge is 0.324 e. The molecule has 1 unspecified atom stereocenters. The maximum atomic E-state index is 11.2. The molecule has 0 saturated heterocycles. The third-order valence-electron chi connectivity index (χ3n) is 2.50. The summed E-state index contributed by atoms with van der Waals surface area (Å²) in [5.41, 5.74) is 2.20. The average Bonchev–Trinajstić information content (AvgIpc) is 2.30. The van der Waals surface area contributed by atoms with Crippen LogP contribution < -0.4 is 5.43 Å². The van der Waals surface area contributed by atoms with Gasteiger partial charge in [0, 0.05) is 0 Å². The van der Waals surface area contributed by atoms with Crippen LogP contribution in [0.2, 0.25) is 0 Å². The predicted molar refractivity (Wildman–Crippen MR) is 65.1 cm³/mol. The van der Waals surface area contributed by atoms with E-state index in [9.17, 15) is 10.0 Å². The standard InChI is InChI=1S/C11H23N2O4/c1-2-3-4-5-6-7-8-13(17)12-10(9-14)11(15)16/h10,12,14H,2-9H2,1H3,(H,15,16)/q-1. The van der Waals surface area contributed by atoms with Crippen LogP contribution in [0.5, 0.6) is 0 Å². The molecule has 0 aromatic heterocycles. The highest BCUT2D eigenvalue weighted by Crippen LogP contribution is 2.05. The number of hydrogen-bond acceptors (Lipinski definition) is 5. The van der Waals surface area contributed by atoms with Crippen molar-refractivity contribution in [2.24, 2.45) is 0 Å². The molecule has 6 nitrogen and oxygen atoms in total. The van der Waals surface area contributed by atoms with Gasteiger partial charge in [-0.15, -0.1) is 0 Å². The largest absolute Gasteiger partial charge is 0.772 e. The Kier molecular flexibility index (Phi) is 10.0. The molecule has 0 aromatic rings. The van der Waals surface area contributed by atoms with Gasteiger partial charge < -0.3 is 20.6 Å². The van der Waals surface area contributed by atoms with E-state index in [0.717, 1.165) is 19.3 Å². The third kappa shape index (κ3) is 9.05. The normalized spacial score (nSPS) is 12.9. The van der Waals surface area contributed by atoms with Crippen molar-refractivity contribution in [3.8, 4) is 0 Å². The summed E-state index contributed by atoms with van der Waals surface area (Å²) >= 11 is 0. The Labute approximate surface area is 102 Å². The van der Waals surface area contributed by atoms with Crippen molar-refractivity contribution in [3.05, 3.63) is 5.21 Å². The second kappa shape index (κ2) is 10.5. The Morgan fingerprint density at radius 3 is 2.41 bits per heavy atom. The van der Waals surface area contributed by atoms with Crippen molar-refractivity contribution in [1.29, 1.82) is 0 Å². The first kappa shape index (κ1) is 16.3. The molecule has 102 valence electrons. The summed E-state index contributed by atoms with van der Waals surface area (Å²) in [7, 11) is 0. The maximum Gasteiger partial charge on any atom is 0.324 e. The summed E-state index contributed by atoms with van der Waals surface area (Å²) in [6.07, 6.45) is 6.38. The van der Waals surface area contributed by atoms with E-state index in [1.54, 1.807) is 0 Å². The van der Waals surface area contributed by atoms with Crippen molar-refractivity contribution < 1.29 is 15.0 Å². The van der Waals surface area contributed by atoms with E-state index in [1.807, 2.05) is 0 Å². The first-order valence-electron chi connectivity index (χ1n) is 6.16. The van der Waals surface area contributed by atoms with Crippen LogP contribution in [-0.4, -0.2) is 40.5 Å². The van der Waals surface area contributed by atoms with E-state index in [0.29, 0.717) is 5.17 Å². The number of hydrogen-bond donors (Lipinski definition) is 3. The van der Waals surface area contributed by atoms with Gasteiger partial charge >= 0.3 is 5.97 Å². The summed E-state index contributed by atoms with van der Waals surface area (Å²) in [6.45, 7) is 1.80. The second-order valence-electron chi connectivity index (χ2n) is 4.07. The van der Waals surface area contributed by atoms with E-state index in [-0.39, 0.29) is 6.54 Å². The van der Waals surface area contributed by atoms with Gasteiger partial charge in [-0.2, -0.15) is 0 Å². The topological polar surface area (TPSA) is 95.9 Å². The number of nitrogens with zero attached hydrogens (tertiary/aromatic N) is 1. The zero-order valence-corrected chi connectivity index (χ0v) is 10.4. The first-order chi connectivity index (χ1) is 8.11. The molecule has 0 aromatic carbocycles. The van der Waals surface area contributed by atoms with Crippen molar-refractivity contribution in [2.75, 3.05) is 13.2 Å². The van der Waals surface area contributed by atoms with E-state index < -0.39 is 18.6 Å². The van der Waals surface area contributed by atoms with Gasteiger partial charge in [-0.1, -0.05) is 39.0 Å². The van der Waals surface area contributed by atoms with Crippen LogP contribution in [0.1, 0.15) is 45.4 Å². The van der Waals surface area contributed by atoms with Gasteiger partial charge in [0.2, 0.25) is 0 Å². The van der Waals surface area contributed by atoms with Gasteiger partial charge in [-0.3, -0.25) is 10.2 Å². The fraction of sp³-hybridized carbons (Fsp3) is 0.909. The molecule has 3 N–H and O–H groups in total. The lowest BCUT2D eigenvalue weighted by molar-refractivity contribution is -0.141. The molecule has 0 radical (unpaired) electrons. The predicted octanol–water partition coefficient (Wildman–Crippen LogP) is 1.10. The minimum Gasteiger partial charge on any atom is -0.772 e. The van der Waals surface area contributed by atoms with Crippen LogP contribution in [0, 0.1) is 5.21 Å². The third-order valence-corrected chi connectivity index (χ3v) is 2.50. The van der Waals surface area contributed by atoms with Gasteiger partial charge in [0.05, 0.1) is 6.61 Å².